The van der Waals surface area contributed by atoms with Gasteiger partial charge in [-0.1, -0.05) is 65.2 Å². The Bertz CT molecular complexity index is 564. The number of carboxylic acids is 4. The van der Waals surface area contributed by atoms with Gasteiger partial charge in [0.25, 0.3) is 0 Å². The fraction of sp³-hybridized carbons (Fsp3) is 0.840. The summed E-state index contributed by atoms with van der Waals surface area (Å²) in [6.45, 7) is 4.46. The van der Waals surface area contributed by atoms with Gasteiger partial charge in [-0.3, -0.25) is 19.2 Å². The molecule has 0 heterocycles. The van der Waals surface area contributed by atoms with Crippen LogP contribution in [0.4, 0.5) is 0 Å². The molecule has 8 heteroatoms. The molecule has 4 unspecified atom stereocenters. The molecule has 4 N–H and O–H groups in total. The SMILES string of the molecule is CCC1CC(CC)C(CCCCCC(C(=O)O)C(=O)O)C1CCCCCC(C(=O)O)C(=O)O. The van der Waals surface area contributed by atoms with Gasteiger partial charge >= 0.3 is 23.9 Å². The van der Waals surface area contributed by atoms with Crippen LogP contribution < -0.4 is 0 Å². The summed E-state index contributed by atoms with van der Waals surface area (Å²) >= 11 is 0. The Morgan fingerprint density at radius 1 is 0.606 bits per heavy atom. The van der Waals surface area contributed by atoms with Gasteiger partial charge in [0, 0.05) is 0 Å². The van der Waals surface area contributed by atoms with Crippen molar-refractivity contribution in [1.29, 1.82) is 0 Å². The number of carboxylic acid groups (broad SMARTS) is 4. The minimum atomic E-state index is -1.32. The van der Waals surface area contributed by atoms with Gasteiger partial charge in [0.15, 0.2) is 11.8 Å². The summed E-state index contributed by atoms with van der Waals surface area (Å²) in [5.41, 5.74) is 0. The molecule has 1 aliphatic rings. The van der Waals surface area contributed by atoms with Gasteiger partial charge in [-0.05, 0) is 55.8 Å². The van der Waals surface area contributed by atoms with Gasteiger partial charge in [0.2, 0.25) is 0 Å². The molecule has 0 aromatic carbocycles. The second-order valence-corrected chi connectivity index (χ2v) is 9.63. The van der Waals surface area contributed by atoms with Crippen LogP contribution in [-0.4, -0.2) is 44.3 Å². The fourth-order valence-electron chi connectivity index (χ4n) is 5.79. The lowest BCUT2D eigenvalue weighted by Crippen LogP contribution is -2.23. The lowest BCUT2D eigenvalue weighted by molar-refractivity contribution is -0.156. The molecule has 33 heavy (non-hydrogen) atoms. The number of rotatable bonds is 18. The highest BCUT2D eigenvalue weighted by Crippen LogP contribution is 2.49. The van der Waals surface area contributed by atoms with Crippen molar-refractivity contribution in [2.75, 3.05) is 0 Å². The van der Waals surface area contributed by atoms with Gasteiger partial charge in [0.05, 0.1) is 0 Å². The van der Waals surface area contributed by atoms with Crippen LogP contribution in [0.15, 0.2) is 0 Å². The van der Waals surface area contributed by atoms with E-state index < -0.39 is 35.7 Å². The van der Waals surface area contributed by atoms with Crippen LogP contribution in [0, 0.1) is 35.5 Å². The van der Waals surface area contributed by atoms with E-state index in [1.807, 2.05) is 0 Å². The molecular weight excluding hydrogens is 428 g/mol. The van der Waals surface area contributed by atoms with E-state index in [0.29, 0.717) is 36.5 Å². The molecule has 0 saturated heterocycles. The maximum Gasteiger partial charge on any atom is 0.317 e. The first-order valence-corrected chi connectivity index (χ1v) is 12.5. The molecule has 1 fully saturated rings. The lowest BCUT2D eigenvalue weighted by atomic mass is 9.79. The number of aliphatic carboxylic acids is 4. The second-order valence-electron chi connectivity index (χ2n) is 9.63. The first-order chi connectivity index (χ1) is 15.6. The summed E-state index contributed by atoms with van der Waals surface area (Å²) in [5, 5.41) is 36.0. The fourth-order valence-corrected chi connectivity index (χ4v) is 5.79. The van der Waals surface area contributed by atoms with Crippen molar-refractivity contribution in [3.8, 4) is 0 Å². The third kappa shape index (κ3) is 9.33. The molecule has 0 spiro atoms. The van der Waals surface area contributed by atoms with E-state index in [4.69, 9.17) is 20.4 Å². The molecule has 190 valence electrons. The monoisotopic (exact) mass is 470 g/mol. The first-order valence-electron chi connectivity index (χ1n) is 12.5. The van der Waals surface area contributed by atoms with Crippen molar-refractivity contribution >= 4 is 23.9 Å². The average molecular weight is 471 g/mol. The Balaban J connectivity index is 2.51. The quantitative estimate of drug-likeness (QED) is 0.159. The van der Waals surface area contributed by atoms with Crippen LogP contribution >= 0.6 is 0 Å². The van der Waals surface area contributed by atoms with Crippen molar-refractivity contribution < 1.29 is 39.6 Å². The third-order valence-electron chi connectivity index (χ3n) is 7.67. The van der Waals surface area contributed by atoms with E-state index in [2.05, 4.69) is 13.8 Å². The number of unbranched alkanes of at least 4 members (excludes halogenated alkanes) is 4. The van der Waals surface area contributed by atoms with Crippen LogP contribution in [0.25, 0.3) is 0 Å². The van der Waals surface area contributed by atoms with Gasteiger partial charge in [0.1, 0.15) is 0 Å². The van der Waals surface area contributed by atoms with Crippen LogP contribution in [-0.2, 0) is 19.2 Å². The van der Waals surface area contributed by atoms with Gasteiger partial charge in [-0.2, -0.15) is 0 Å². The average Bonchev–Trinajstić information content (AvgIpc) is 3.08. The zero-order valence-corrected chi connectivity index (χ0v) is 20.1. The van der Waals surface area contributed by atoms with E-state index in [9.17, 15) is 19.2 Å². The lowest BCUT2D eigenvalue weighted by Gasteiger charge is -2.27. The number of hydrogen-bond donors (Lipinski definition) is 4. The molecule has 1 saturated carbocycles. The first kappa shape index (κ1) is 28.9. The van der Waals surface area contributed by atoms with Crippen molar-refractivity contribution in [2.45, 2.75) is 97.3 Å². The van der Waals surface area contributed by atoms with Crippen molar-refractivity contribution in [3.63, 3.8) is 0 Å². The summed E-state index contributed by atoms with van der Waals surface area (Å²) in [7, 11) is 0. The minimum Gasteiger partial charge on any atom is -0.481 e. The Labute approximate surface area is 196 Å². The molecule has 0 radical (unpaired) electrons. The normalized spacial score (nSPS) is 22.7. The molecule has 0 aromatic rings. The number of carbonyl (C=O) groups is 4. The molecule has 0 aliphatic heterocycles. The van der Waals surface area contributed by atoms with Crippen LogP contribution in [0.3, 0.4) is 0 Å². The van der Waals surface area contributed by atoms with Gasteiger partial charge < -0.3 is 20.4 Å². The summed E-state index contributed by atoms with van der Waals surface area (Å²) in [5.74, 6) is -5.15. The molecule has 0 bridgehead atoms. The van der Waals surface area contributed by atoms with E-state index in [1.54, 1.807) is 0 Å². The molecule has 0 aromatic heterocycles. The highest BCUT2D eigenvalue weighted by atomic mass is 16.4. The van der Waals surface area contributed by atoms with Crippen molar-refractivity contribution in [3.05, 3.63) is 0 Å². The zero-order valence-electron chi connectivity index (χ0n) is 20.1. The third-order valence-corrected chi connectivity index (χ3v) is 7.67. The van der Waals surface area contributed by atoms with Crippen molar-refractivity contribution in [2.24, 2.45) is 35.5 Å². The summed E-state index contributed by atoms with van der Waals surface area (Å²) in [6.07, 6.45) is 10.8. The molecule has 8 nitrogen and oxygen atoms in total. The van der Waals surface area contributed by atoms with Gasteiger partial charge in [-0.25, -0.2) is 0 Å². The van der Waals surface area contributed by atoms with Crippen molar-refractivity contribution in [1.82, 2.24) is 0 Å². The smallest absolute Gasteiger partial charge is 0.317 e. The van der Waals surface area contributed by atoms with Gasteiger partial charge in [-0.15, -0.1) is 0 Å². The Hall–Kier alpha value is -2.12. The predicted molar refractivity (Wildman–Crippen MR) is 123 cm³/mol. The molecule has 4 atom stereocenters. The second kappa shape index (κ2) is 14.9. The Morgan fingerprint density at radius 2 is 0.939 bits per heavy atom. The molecule has 1 aliphatic carbocycles. The number of hydrogen-bond acceptors (Lipinski definition) is 4. The van der Waals surface area contributed by atoms with E-state index >= 15 is 0 Å². The minimum absolute atomic E-state index is 0.168. The highest BCUT2D eigenvalue weighted by Gasteiger charge is 2.40. The standard InChI is InChI=1S/C25H42O8/c1-3-16-15-17(4-2)19(12-8-6-10-14-21(24(30)31)25(32)33)18(16)11-7-5-9-13-20(22(26)27)23(28)29/h16-21H,3-15H2,1-2H3,(H,26,27)(H,28,29)(H,30,31)(H,32,33). The topological polar surface area (TPSA) is 149 Å². The summed E-state index contributed by atoms with van der Waals surface area (Å²) in [4.78, 5) is 44.1. The molecular formula is C25H42O8. The summed E-state index contributed by atoms with van der Waals surface area (Å²) in [6, 6.07) is 0. The summed E-state index contributed by atoms with van der Waals surface area (Å²) < 4.78 is 0. The maximum absolute atomic E-state index is 11.0. The zero-order chi connectivity index (χ0) is 25.0. The van der Waals surface area contributed by atoms with Crippen LogP contribution in [0.1, 0.15) is 97.3 Å². The molecule has 1 rings (SSSR count). The largest absolute Gasteiger partial charge is 0.481 e. The predicted octanol–water partition coefficient (Wildman–Crippen LogP) is 5.15. The van der Waals surface area contributed by atoms with E-state index in [0.717, 1.165) is 51.4 Å². The van der Waals surface area contributed by atoms with Crippen LogP contribution in [0.2, 0.25) is 0 Å². The highest BCUT2D eigenvalue weighted by molar-refractivity contribution is 5.93. The Morgan fingerprint density at radius 3 is 1.21 bits per heavy atom. The van der Waals surface area contributed by atoms with E-state index in [-0.39, 0.29) is 12.8 Å². The van der Waals surface area contributed by atoms with E-state index in [1.165, 1.54) is 6.42 Å². The maximum atomic E-state index is 11.0. The Kier molecular flexibility index (Phi) is 13.1. The molecule has 0 amide bonds. The van der Waals surface area contributed by atoms with Crippen LogP contribution in [0.5, 0.6) is 0 Å².